The van der Waals surface area contributed by atoms with Crippen molar-refractivity contribution in [1.82, 2.24) is 0 Å². The Bertz CT molecular complexity index is 234. The Balaban J connectivity index is -0.000000154. The van der Waals surface area contributed by atoms with Crippen LogP contribution in [-0.4, -0.2) is 43.3 Å². The molecule has 0 spiro atoms. The predicted octanol–water partition coefficient (Wildman–Crippen LogP) is 2.42. The molecule has 140 valence electrons. The van der Waals surface area contributed by atoms with Gasteiger partial charge in [-0.15, -0.1) is 0 Å². The minimum absolute atomic E-state index is 0. The molecule has 6 heteroatoms. The molecule has 0 aliphatic rings. The van der Waals surface area contributed by atoms with E-state index in [1.54, 1.807) is 0 Å². The average molecular weight is 446 g/mol. The molecule has 0 rings (SSSR count). The molecule has 0 atom stereocenters. The Morgan fingerprint density at radius 3 is 1.08 bits per heavy atom. The van der Waals surface area contributed by atoms with Crippen LogP contribution in [0.25, 0.3) is 0 Å². The summed E-state index contributed by atoms with van der Waals surface area (Å²) in [6.07, 6.45) is 13.9. The standard InChI is InChI=1S/2C9H18O2.In.H2O/c2*1-2-3-4-5-6-7-8-9(10)11;;/h2*2-8H2,1H3,(H,10,11);;1H2/q;;+3;/p-3. The minimum Gasteiger partial charge on any atom is -0.870 e. The fourth-order valence-corrected chi connectivity index (χ4v) is 2.10. The van der Waals surface area contributed by atoms with Gasteiger partial charge < -0.3 is 25.3 Å². The summed E-state index contributed by atoms with van der Waals surface area (Å²) in [6, 6.07) is 0. The summed E-state index contributed by atoms with van der Waals surface area (Å²) in [5.74, 6) is -1.83. The molecule has 0 bridgehead atoms. The normalized spacial score (nSPS) is 9.08. The number of hydrogen-bond acceptors (Lipinski definition) is 5. The van der Waals surface area contributed by atoms with Gasteiger partial charge in [-0.1, -0.05) is 78.1 Å². The third-order valence-corrected chi connectivity index (χ3v) is 3.47. The minimum atomic E-state index is -0.916. The molecule has 0 fully saturated rings. The van der Waals surface area contributed by atoms with E-state index in [1.165, 1.54) is 51.4 Å². The summed E-state index contributed by atoms with van der Waals surface area (Å²) in [5.41, 5.74) is 0. The molecule has 5 nitrogen and oxygen atoms in total. The van der Waals surface area contributed by atoms with Gasteiger partial charge in [0.1, 0.15) is 0 Å². The van der Waals surface area contributed by atoms with Gasteiger partial charge in [0.15, 0.2) is 0 Å². The van der Waals surface area contributed by atoms with Gasteiger partial charge >= 0.3 is 25.8 Å². The van der Waals surface area contributed by atoms with E-state index < -0.39 is 11.9 Å². The summed E-state index contributed by atoms with van der Waals surface area (Å²) in [6.45, 7) is 4.34. The summed E-state index contributed by atoms with van der Waals surface area (Å²) < 4.78 is 0. The molecule has 0 aromatic heterocycles. The van der Waals surface area contributed by atoms with Crippen LogP contribution in [0.1, 0.15) is 104 Å². The molecule has 0 radical (unpaired) electrons. The van der Waals surface area contributed by atoms with Gasteiger partial charge in [-0.2, -0.15) is 0 Å². The second-order valence-electron chi connectivity index (χ2n) is 5.78. The van der Waals surface area contributed by atoms with Crippen LogP contribution >= 0.6 is 0 Å². The smallest absolute Gasteiger partial charge is 0.870 e. The Morgan fingerprint density at radius 2 is 0.833 bits per heavy atom. The van der Waals surface area contributed by atoms with Crippen LogP contribution in [0.4, 0.5) is 0 Å². The Labute approximate surface area is 166 Å². The van der Waals surface area contributed by atoms with Gasteiger partial charge in [-0.3, -0.25) is 0 Å². The first-order valence-electron chi connectivity index (χ1n) is 8.94. The van der Waals surface area contributed by atoms with Crippen molar-refractivity contribution >= 4 is 37.8 Å². The van der Waals surface area contributed by atoms with Crippen LogP contribution in [0.2, 0.25) is 0 Å². The van der Waals surface area contributed by atoms with Crippen molar-refractivity contribution in [2.75, 3.05) is 0 Å². The number of unbranched alkanes of at least 4 members (excludes halogenated alkanes) is 10. The van der Waals surface area contributed by atoms with E-state index in [9.17, 15) is 19.8 Å². The van der Waals surface area contributed by atoms with Gasteiger partial charge in [-0.25, -0.2) is 0 Å². The van der Waals surface area contributed by atoms with E-state index in [0.717, 1.165) is 25.7 Å². The Kier molecular flexibility index (Phi) is 36.3. The SMILES string of the molecule is CCCCCCCCC(=O)[O-].CCCCCCCCC(=O)[O-].[In+3].[OH-]. The fraction of sp³-hybridized carbons (Fsp3) is 0.889. The van der Waals surface area contributed by atoms with Crippen LogP contribution in [0, 0.1) is 0 Å². The first kappa shape index (κ1) is 31.5. The summed E-state index contributed by atoms with van der Waals surface area (Å²) >= 11 is 0. The number of carbonyl (C=O) groups is 2. The number of carboxylic acid groups (broad SMARTS) is 2. The van der Waals surface area contributed by atoms with Crippen LogP contribution in [0.15, 0.2) is 0 Å². The second kappa shape index (κ2) is 27.6. The monoisotopic (exact) mass is 446 g/mol. The predicted molar refractivity (Wildman–Crippen MR) is 93.7 cm³/mol. The number of rotatable bonds is 14. The molecule has 0 saturated carbocycles. The largest absolute Gasteiger partial charge is 3.00 e. The van der Waals surface area contributed by atoms with Crippen molar-refractivity contribution < 1.29 is 25.3 Å². The zero-order chi connectivity index (χ0) is 17.1. The molecule has 24 heavy (non-hydrogen) atoms. The van der Waals surface area contributed by atoms with Crippen molar-refractivity contribution in [1.29, 1.82) is 0 Å². The molecular formula is C18H35InO5. The van der Waals surface area contributed by atoms with E-state index in [2.05, 4.69) is 13.8 Å². The quantitative estimate of drug-likeness (QED) is 0.381. The van der Waals surface area contributed by atoms with E-state index in [1.807, 2.05) is 0 Å². The van der Waals surface area contributed by atoms with Crippen LogP contribution in [0.3, 0.4) is 0 Å². The number of hydrogen-bond donors (Lipinski definition) is 0. The first-order chi connectivity index (χ1) is 10.5. The summed E-state index contributed by atoms with van der Waals surface area (Å²) in [4.78, 5) is 20.0. The third-order valence-electron chi connectivity index (χ3n) is 3.47. The van der Waals surface area contributed by atoms with Gasteiger partial charge in [-0.05, 0) is 25.7 Å². The average Bonchev–Trinajstić information content (AvgIpc) is 2.46. The number of carboxylic acids is 2. The third kappa shape index (κ3) is 37.8. The maximum absolute atomic E-state index is 9.98. The van der Waals surface area contributed by atoms with Crippen LogP contribution in [0.5, 0.6) is 0 Å². The maximum Gasteiger partial charge on any atom is 3.00 e. The molecule has 0 aromatic rings. The van der Waals surface area contributed by atoms with Crippen LogP contribution in [-0.2, 0) is 9.59 Å². The van der Waals surface area contributed by atoms with Gasteiger partial charge in [0, 0.05) is 11.9 Å². The molecule has 0 amide bonds. The van der Waals surface area contributed by atoms with Crippen LogP contribution < -0.4 is 10.2 Å². The molecule has 0 saturated heterocycles. The molecule has 0 aliphatic carbocycles. The molecule has 0 aromatic carbocycles. The van der Waals surface area contributed by atoms with Gasteiger partial charge in [0.05, 0.1) is 0 Å². The molecule has 1 N–H and O–H groups in total. The van der Waals surface area contributed by atoms with Crippen molar-refractivity contribution in [3.63, 3.8) is 0 Å². The zero-order valence-electron chi connectivity index (χ0n) is 15.6. The van der Waals surface area contributed by atoms with E-state index in [-0.39, 0.29) is 44.2 Å². The zero-order valence-corrected chi connectivity index (χ0v) is 18.9. The van der Waals surface area contributed by atoms with E-state index in [4.69, 9.17) is 0 Å². The molecule has 0 unspecified atom stereocenters. The van der Waals surface area contributed by atoms with Crippen molar-refractivity contribution in [3.05, 3.63) is 0 Å². The van der Waals surface area contributed by atoms with E-state index >= 15 is 0 Å². The van der Waals surface area contributed by atoms with E-state index in [0.29, 0.717) is 0 Å². The molecule has 0 aliphatic heterocycles. The first-order valence-corrected chi connectivity index (χ1v) is 8.94. The summed E-state index contributed by atoms with van der Waals surface area (Å²) in [7, 11) is 0. The number of aliphatic carboxylic acids is 2. The Morgan fingerprint density at radius 1 is 0.583 bits per heavy atom. The van der Waals surface area contributed by atoms with Gasteiger partial charge in [0.25, 0.3) is 0 Å². The maximum atomic E-state index is 9.98. The molecule has 0 heterocycles. The Hall–Kier alpha value is -0.230. The number of carbonyl (C=O) groups excluding carboxylic acids is 2. The van der Waals surface area contributed by atoms with Gasteiger partial charge in [0.2, 0.25) is 0 Å². The topological polar surface area (TPSA) is 110 Å². The van der Waals surface area contributed by atoms with Crippen molar-refractivity contribution in [3.8, 4) is 0 Å². The van der Waals surface area contributed by atoms with Crippen molar-refractivity contribution in [2.24, 2.45) is 0 Å². The van der Waals surface area contributed by atoms with Crippen molar-refractivity contribution in [2.45, 2.75) is 104 Å². The molecular weight excluding hydrogens is 411 g/mol. The fourth-order valence-electron chi connectivity index (χ4n) is 2.10. The summed E-state index contributed by atoms with van der Waals surface area (Å²) in [5, 5.41) is 20.0. The second-order valence-corrected chi connectivity index (χ2v) is 5.78.